The van der Waals surface area contributed by atoms with Crippen molar-refractivity contribution in [2.24, 2.45) is 0 Å². The SMILES string of the molecule is CC(C)(C)OC(=O)C1CCCN1CC1CC(c2ccc(CO)cc2)OC(c2ccc(CNC(=O)Nc3ccc(Oc4ccccc4)cc3)cc2)O1. The van der Waals surface area contributed by atoms with Crippen LogP contribution in [0.3, 0.4) is 0 Å². The third kappa shape index (κ3) is 10.2. The van der Waals surface area contributed by atoms with Crippen LogP contribution in [0, 0.1) is 0 Å². The number of aliphatic hydroxyl groups excluding tert-OH is 1. The molecular formula is C41H47N3O7. The highest BCUT2D eigenvalue weighted by Crippen LogP contribution is 2.39. The number of hydrogen-bond donors (Lipinski definition) is 3. The topological polar surface area (TPSA) is 119 Å². The second-order valence-electron chi connectivity index (χ2n) is 14.0. The summed E-state index contributed by atoms with van der Waals surface area (Å²) in [5.74, 6) is 1.23. The molecule has 51 heavy (non-hydrogen) atoms. The smallest absolute Gasteiger partial charge is 0.323 e. The molecule has 4 aromatic carbocycles. The number of nitrogens with zero attached hydrogens (tertiary/aromatic N) is 1. The van der Waals surface area contributed by atoms with Gasteiger partial charge in [-0.15, -0.1) is 0 Å². The van der Waals surface area contributed by atoms with Crippen LogP contribution >= 0.6 is 0 Å². The van der Waals surface area contributed by atoms with Gasteiger partial charge in [-0.2, -0.15) is 0 Å². The van der Waals surface area contributed by atoms with Crippen molar-refractivity contribution in [3.05, 3.63) is 125 Å². The molecule has 2 heterocycles. The minimum atomic E-state index is -0.631. The van der Waals surface area contributed by atoms with Gasteiger partial charge in [0.25, 0.3) is 0 Å². The molecule has 0 saturated carbocycles. The lowest BCUT2D eigenvalue weighted by Crippen LogP contribution is -2.45. The van der Waals surface area contributed by atoms with E-state index in [0.717, 1.165) is 47.4 Å². The molecule has 0 aliphatic carbocycles. The van der Waals surface area contributed by atoms with Crippen molar-refractivity contribution < 1.29 is 33.6 Å². The molecule has 0 radical (unpaired) electrons. The van der Waals surface area contributed by atoms with Crippen LogP contribution in [0.5, 0.6) is 11.5 Å². The Morgan fingerprint density at radius 1 is 0.843 bits per heavy atom. The van der Waals surface area contributed by atoms with Crippen LogP contribution < -0.4 is 15.4 Å². The molecule has 0 spiro atoms. The molecule has 6 rings (SSSR count). The molecular weight excluding hydrogens is 646 g/mol. The molecule has 2 amide bonds. The van der Waals surface area contributed by atoms with Gasteiger partial charge in [0.1, 0.15) is 23.1 Å². The van der Waals surface area contributed by atoms with Gasteiger partial charge in [0.15, 0.2) is 6.29 Å². The lowest BCUT2D eigenvalue weighted by atomic mass is 9.99. The molecule has 3 N–H and O–H groups in total. The van der Waals surface area contributed by atoms with Crippen molar-refractivity contribution in [1.82, 2.24) is 10.2 Å². The lowest BCUT2D eigenvalue weighted by Gasteiger charge is -2.38. The Morgan fingerprint density at radius 3 is 2.20 bits per heavy atom. The van der Waals surface area contributed by atoms with Gasteiger partial charge in [-0.1, -0.05) is 66.7 Å². The van der Waals surface area contributed by atoms with Crippen LogP contribution in [0.2, 0.25) is 0 Å². The Bertz CT molecular complexity index is 1720. The number of urea groups is 1. The first kappa shape index (κ1) is 36.1. The van der Waals surface area contributed by atoms with E-state index >= 15 is 0 Å². The third-order valence-corrected chi connectivity index (χ3v) is 8.89. The van der Waals surface area contributed by atoms with Crippen LogP contribution in [0.4, 0.5) is 10.5 Å². The number of hydrogen-bond acceptors (Lipinski definition) is 8. The summed E-state index contributed by atoms with van der Waals surface area (Å²) in [5.41, 5.74) is 3.71. The number of carbonyl (C=O) groups excluding carboxylic acids is 2. The van der Waals surface area contributed by atoms with E-state index in [1.165, 1.54) is 0 Å². The molecule has 4 atom stereocenters. The molecule has 10 nitrogen and oxygen atoms in total. The quantitative estimate of drug-likeness (QED) is 0.137. The van der Waals surface area contributed by atoms with Crippen LogP contribution in [0.25, 0.3) is 0 Å². The molecule has 2 saturated heterocycles. The molecule has 2 fully saturated rings. The standard InChI is InChI=1S/C41H47N3O7/c1-41(2,3)51-38(46)36-10-7-23-44(36)26-35-24-37(30-15-13-29(27-45)14-16-30)50-39(49-35)31-17-11-28(12-18-31)25-42-40(47)43-32-19-21-34(22-20-32)48-33-8-5-4-6-9-33/h4-6,8-9,11-22,35-37,39,45H,7,10,23-27H2,1-3H3,(H2,42,43,47). The maximum atomic E-state index is 13.0. The normalized spacial score (nSPS) is 20.8. The Balaban J connectivity index is 1.07. The van der Waals surface area contributed by atoms with E-state index < -0.39 is 11.9 Å². The van der Waals surface area contributed by atoms with Gasteiger partial charge in [-0.25, -0.2) is 4.79 Å². The number of aliphatic hydroxyl groups is 1. The summed E-state index contributed by atoms with van der Waals surface area (Å²) in [5, 5.41) is 15.3. The number of likely N-dealkylation sites (tertiary alicyclic amines) is 1. The van der Waals surface area contributed by atoms with Crippen molar-refractivity contribution in [2.75, 3.05) is 18.4 Å². The molecule has 268 valence electrons. The second kappa shape index (κ2) is 16.5. The van der Waals surface area contributed by atoms with Gasteiger partial charge < -0.3 is 34.7 Å². The second-order valence-corrected chi connectivity index (χ2v) is 14.0. The Kier molecular flexibility index (Phi) is 11.7. The number of rotatable bonds is 11. The number of carbonyl (C=O) groups is 2. The van der Waals surface area contributed by atoms with E-state index in [4.69, 9.17) is 18.9 Å². The van der Waals surface area contributed by atoms with Crippen LogP contribution in [-0.2, 0) is 32.2 Å². The minimum Gasteiger partial charge on any atom is -0.459 e. The van der Waals surface area contributed by atoms with Gasteiger partial charge in [0.2, 0.25) is 0 Å². The maximum absolute atomic E-state index is 13.0. The molecule has 0 aromatic heterocycles. The van der Waals surface area contributed by atoms with E-state index in [-0.39, 0.29) is 36.9 Å². The van der Waals surface area contributed by atoms with Crippen LogP contribution in [-0.4, -0.2) is 52.8 Å². The fourth-order valence-electron chi connectivity index (χ4n) is 6.36. The summed E-state index contributed by atoms with van der Waals surface area (Å²) in [6.45, 7) is 7.36. The Hall–Kier alpha value is -4.74. The zero-order valence-electron chi connectivity index (χ0n) is 29.4. The predicted octanol–water partition coefficient (Wildman–Crippen LogP) is 7.64. The molecule has 0 bridgehead atoms. The number of nitrogens with one attached hydrogen (secondary N) is 2. The van der Waals surface area contributed by atoms with E-state index in [9.17, 15) is 14.7 Å². The molecule has 2 aliphatic rings. The highest BCUT2D eigenvalue weighted by atomic mass is 16.7. The average Bonchev–Trinajstić information content (AvgIpc) is 3.60. The molecule has 2 aliphatic heterocycles. The number of ether oxygens (including phenoxy) is 4. The van der Waals surface area contributed by atoms with Crippen LogP contribution in [0.15, 0.2) is 103 Å². The first-order valence-electron chi connectivity index (χ1n) is 17.6. The largest absolute Gasteiger partial charge is 0.459 e. The number of anilines is 1. The first-order chi connectivity index (χ1) is 24.6. The van der Waals surface area contributed by atoms with Crippen molar-refractivity contribution in [3.63, 3.8) is 0 Å². The highest BCUT2D eigenvalue weighted by molar-refractivity contribution is 5.89. The number of esters is 1. The minimum absolute atomic E-state index is 0.0260. The maximum Gasteiger partial charge on any atom is 0.323 e. The number of amides is 2. The van der Waals surface area contributed by atoms with Crippen LogP contribution in [0.1, 0.15) is 74.7 Å². The summed E-state index contributed by atoms with van der Waals surface area (Å²) in [7, 11) is 0. The van der Waals surface area contributed by atoms with Gasteiger partial charge >= 0.3 is 12.0 Å². The molecule has 4 aromatic rings. The fraction of sp³-hybridized carbons (Fsp3) is 0.366. The average molecular weight is 694 g/mol. The number of para-hydroxylation sites is 1. The highest BCUT2D eigenvalue weighted by Gasteiger charge is 2.39. The zero-order chi connectivity index (χ0) is 35.8. The zero-order valence-corrected chi connectivity index (χ0v) is 29.4. The van der Waals surface area contributed by atoms with E-state index in [0.29, 0.717) is 30.9 Å². The predicted molar refractivity (Wildman–Crippen MR) is 194 cm³/mol. The van der Waals surface area contributed by atoms with Crippen molar-refractivity contribution in [1.29, 1.82) is 0 Å². The van der Waals surface area contributed by atoms with Crippen molar-refractivity contribution in [3.8, 4) is 11.5 Å². The first-order valence-corrected chi connectivity index (χ1v) is 17.6. The lowest BCUT2D eigenvalue weighted by molar-refractivity contribution is -0.253. The summed E-state index contributed by atoms with van der Waals surface area (Å²) < 4.78 is 24.7. The van der Waals surface area contributed by atoms with Gasteiger partial charge in [0.05, 0.1) is 18.8 Å². The van der Waals surface area contributed by atoms with Crippen molar-refractivity contribution >= 4 is 17.7 Å². The number of benzene rings is 4. The van der Waals surface area contributed by atoms with E-state index in [1.54, 1.807) is 24.3 Å². The van der Waals surface area contributed by atoms with Gasteiger partial charge in [-0.05, 0) is 93.2 Å². The summed E-state index contributed by atoms with van der Waals surface area (Å²) >= 11 is 0. The monoisotopic (exact) mass is 693 g/mol. The Labute approximate surface area is 299 Å². The van der Waals surface area contributed by atoms with E-state index in [2.05, 4.69) is 15.5 Å². The third-order valence-electron chi connectivity index (χ3n) is 8.89. The van der Waals surface area contributed by atoms with E-state index in [1.807, 2.05) is 99.6 Å². The molecule has 10 heteroatoms. The summed E-state index contributed by atoms with van der Waals surface area (Å²) in [6, 6.07) is 31.7. The summed E-state index contributed by atoms with van der Waals surface area (Å²) in [6.07, 6.45) is 1.23. The van der Waals surface area contributed by atoms with Gasteiger partial charge in [0, 0.05) is 30.8 Å². The van der Waals surface area contributed by atoms with Gasteiger partial charge in [-0.3, -0.25) is 9.69 Å². The summed E-state index contributed by atoms with van der Waals surface area (Å²) in [4.78, 5) is 27.9. The molecule has 4 unspecified atom stereocenters. The fourth-order valence-corrected chi connectivity index (χ4v) is 6.36. The van der Waals surface area contributed by atoms with Crippen molar-refractivity contribution in [2.45, 2.75) is 83.3 Å². The Morgan fingerprint density at radius 2 is 1.51 bits per heavy atom.